The van der Waals surface area contributed by atoms with Crippen molar-refractivity contribution < 1.29 is 9.63 Å². The lowest BCUT2D eigenvalue weighted by atomic mass is 10.1. The number of hydroxylamine groups is 1. The number of alkyl halides is 1. The van der Waals surface area contributed by atoms with Gasteiger partial charge in [-0.3, -0.25) is 9.63 Å². The summed E-state index contributed by atoms with van der Waals surface area (Å²) in [5.74, 6) is 0.0287. The SMILES string of the molecule is Cc1cc(N2OCCC2=O)ccc1CBr. The van der Waals surface area contributed by atoms with Gasteiger partial charge in [0.25, 0.3) is 5.91 Å². The monoisotopic (exact) mass is 269 g/mol. The minimum atomic E-state index is 0.0287. The highest BCUT2D eigenvalue weighted by Gasteiger charge is 2.23. The molecule has 1 aliphatic heterocycles. The Hall–Kier alpha value is -0.870. The average Bonchev–Trinajstić information content (AvgIpc) is 2.64. The summed E-state index contributed by atoms with van der Waals surface area (Å²) in [7, 11) is 0. The molecule has 1 aromatic rings. The third-order valence-electron chi connectivity index (χ3n) is 2.47. The number of hydrogen-bond acceptors (Lipinski definition) is 2. The van der Waals surface area contributed by atoms with Crippen molar-refractivity contribution in [3.63, 3.8) is 0 Å². The number of nitrogens with zero attached hydrogens (tertiary/aromatic N) is 1. The maximum atomic E-state index is 11.4. The first kappa shape index (κ1) is 10.6. The Balaban J connectivity index is 2.29. The van der Waals surface area contributed by atoms with Crippen LogP contribution in [-0.4, -0.2) is 12.5 Å². The van der Waals surface area contributed by atoms with Crippen molar-refractivity contribution in [3.05, 3.63) is 29.3 Å². The molecule has 0 N–H and O–H groups in total. The minimum absolute atomic E-state index is 0.0287. The fourth-order valence-electron chi connectivity index (χ4n) is 1.57. The first-order valence-electron chi connectivity index (χ1n) is 4.83. The Labute approximate surface area is 97.1 Å². The smallest absolute Gasteiger partial charge is 0.253 e. The molecule has 3 nitrogen and oxygen atoms in total. The Bertz CT molecular complexity index is 392. The zero-order valence-electron chi connectivity index (χ0n) is 8.50. The lowest BCUT2D eigenvalue weighted by Crippen LogP contribution is -2.22. The van der Waals surface area contributed by atoms with E-state index in [0.717, 1.165) is 16.6 Å². The number of carbonyl (C=O) groups is 1. The molecule has 0 aliphatic carbocycles. The number of benzene rings is 1. The molecule has 4 heteroatoms. The summed E-state index contributed by atoms with van der Waals surface area (Å²) < 4.78 is 0. The minimum Gasteiger partial charge on any atom is -0.272 e. The second-order valence-electron chi connectivity index (χ2n) is 3.52. The summed E-state index contributed by atoms with van der Waals surface area (Å²) >= 11 is 3.42. The van der Waals surface area contributed by atoms with E-state index in [-0.39, 0.29) is 5.91 Å². The van der Waals surface area contributed by atoms with Gasteiger partial charge in [0, 0.05) is 5.33 Å². The number of rotatable bonds is 2. The van der Waals surface area contributed by atoms with Crippen LogP contribution in [0.15, 0.2) is 18.2 Å². The molecule has 1 heterocycles. The molecular formula is C11H12BrNO2. The van der Waals surface area contributed by atoms with E-state index in [1.807, 2.05) is 25.1 Å². The van der Waals surface area contributed by atoms with Crippen molar-refractivity contribution in [1.29, 1.82) is 0 Å². The predicted molar refractivity (Wildman–Crippen MR) is 61.9 cm³/mol. The Morgan fingerprint density at radius 1 is 1.53 bits per heavy atom. The van der Waals surface area contributed by atoms with Crippen LogP contribution in [0.5, 0.6) is 0 Å². The summed E-state index contributed by atoms with van der Waals surface area (Å²) in [6, 6.07) is 5.89. The van der Waals surface area contributed by atoms with Gasteiger partial charge in [0.15, 0.2) is 0 Å². The highest BCUT2D eigenvalue weighted by molar-refractivity contribution is 9.08. The second-order valence-corrected chi connectivity index (χ2v) is 4.08. The summed E-state index contributed by atoms with van der Waals surface area (Å²) in [5, 5.41) is 2.21. The lowest BCUT2D eigenvalue weighted by molar-refractivity contribution is -0.119. The molecule has 1 saturated heterocycles. The zero-order valence-corrected chi connectivity index (χ0v) is 10.1. The molecule has 1 amide bonds. The van der Waals surface area contributed by atoms with Gasteiger partial charge < -0.3 is 0 Å². The molecule has 0 saturated carbocycles. The van der Waals surface area contributed by atoms with Crippen LogP contribution >= 0.6 is 15.9 Å². The lowest BCUT2D eigenvalue weighted by Gasteiger charge is -2.15. The van der Waals surface area contributed by atoms with E-state index in [9.17, 15) is 4.79 Å². The van der Waals surface area contributed by atoms with E-state index in [0.29, 0.717) is 13.0 Å². The number of carbonyl (C=O) groups excluding carboxylic acids is 1. The van der Waals surface area contributed by atoms with Gasteiger partial charge in [-0.1, -0.05) is 22.0 Å². The van der Waals surface area contributed by atoms with E-state index < -0.39 is 0 Å². The van der Waals surface area contributed by atoms with Gasteiger partial charge >= 0.3 is 0 Å². The molecule has 0 radical (unpaired) electrons. The normalized spacial score (nSPS) is 16.1. The molecule has 0 unspecified atom stereocenters. The molecule has 15 heavy (non-hydrogen) atoms. The van der Waals surface area contributed by atoms with Gasteiger partial charge in [-0.05, 0) is 30.2 Å². The van der Waals surface area contributed by atoms with Crippen LogP contribution in [0.3, 0.4) is 0 Å². The van der Waals surface area contributed by atoms with Crippen LogP contribution in [0.1, 0.15) is 17.5 Å². The van der Waals surface area contributed by atoms with Crippen molar-refractivity contribution in [2.45, 2.75) is 18.7 Å². The fraction of sp³-hybridized carbons (Fsp3) is 0.364. The van der Waals surface area contributed by atoms with Crippen molar-refractivity contribution in [2.24, 2.45) is 0 Å². The Morgan fingerprint density at radius 2 is 2.33 bits per heavy atom. The van der Waals surface area contributed by atoms with Gasteiger partial charge in [-0.2, -0.15) is 5.06 Å². The molecule has 0 aromatic heterocycles. The summed E-state index contributed by atoms with van der Waals surface area (Å²) in [4.78, 5) is 16.7. The molecule has 0 atom stereocenters. The number of anilines is 1. The highest BCUT2D eigenvalue weighted by atomic mass is 79.9. The van der Waals surface area contributed by atoms with E-state index in [1.54, 1.807) is 0 Å². The Morgan fingerprint density at radius 3 is 2.87 bits per heavy atom. The van der Waals surface area contributed by atoms with E-state index in [2.05, 4.69) is 15.9 Å². The van der Waals surface area contributed by atoms with Crippen LogP contribution in [-0.2, 0) is 15.0 Å². The van der Waals surface area contributed by atoms with Crippen molar-refractivity contribution >= 4 is 27.5 Å². The quantitative estimate of drug-likeness (QED) is 0.773. The van der Waals surface area contributed by atoms with Crippen LogP contribution < -0.4 is 5.06 Å². The van der Waals surface area contributed by atoms with Crippen molar-refractivity contribution in [2.75, 3.05) is 11.7 Å². The number of aryl methyl sites for hydroxylation is 1. The van der Waals surface area contributed by atoms with Crippen molar-refractivity contribution in [1.82, 2.24) is 0 Å². The first-order chi connectivity index (χ1) is 7.22. The molecule has 1 aromatic carbocycles. The average molecular weight is 270 g/mol. The summed E-state index contributed by atoms with van der Waals surface area (Å²) in [5.41, 5.74) is 3.21. The summed E-state index contributed by atoms with van der Waals surface area (Å²) in [6.07, 6.45) is 0.471. The van der Waals surface area contributed by atoms with Gasteiger partial charge in [-0.15, -0.1) is 0 Å². The molecule has 1 aliphatic rings. The third-order valence-corrected chi connectivity index (χ3v) is 3.07. The number of amides is 1. The molecule has 0 bridgehead atoms. The van der Waals surface area contributed by atoms with Gasteiger partial charge in [-0.25, -0.2) is 0 Å². The van der Waals surface area contributed by atoms with E-state index >= 15 is 0 Å². The number of hydrogen-bond donors (Lipinski definition) is 0. The maximum Gasteiger partial charge on any atom is 0.253 e. The first-order valence-corrected chi connectivity index (χ1v) is 5.96. The van der Waals surface area contributed by atoms with E-state index in [4.69, 9.17) is 4.84 Å². The van der Waals surface area contributed by atoms with Crippen molar-refractivity contribution in [3.8, 4) is 0 Å². The molecule has 0 spiro atoms. The predicted octanol–water partition coefficient (Wildman–Crippen LogP) is 2.56. The van der Waals surface area contributed by atoms with Gasteiger partial charge in [0.05, 0.1) is 18.7 Å². The van der Waals surface area contributed by atoms with Gasteiger partial charge in [0.2, 0.25) is 0 Å². The largest absolute Gasteiger partial charge is 0.272 e. The van der Waals surface area contributed by atoms with Crippen LogP contribution in [0.2, 0.25) is 0 Å². The third kappa shape index (κ3) is 2.06. The molecule has 80 valence electrons. The van der Waals surface area contributed by atoms with Crippen LogP contribution in [0.4, 0.5) is 5.69 Å². The topological polar surface area (TPSA) is 29.5 Å². The summed E-state index contributed by atoms with van der Waals surface area (Å²) in [6.45, 7) is 2.51. The molecular weight excluding hydrogens is 258 g/mol. The van der Waals surface area contributed by atoms with Crippen LogP contribution in [0, 0.1) is 6.92 Å². The maximum absolute atomic E-state index is 11.4. The van der Waals surface area contributed by atoms with Crippen LogP contribution in [0.25, 0.3) is 0 Å². The fourth-order valence-corrected chi connectivity index (χ4v) is 2.20. The van der Waals surface area contributed by atoms with Gasteiger partial charge in [0.1, 0.15) is 0 Å². The highest BCUT2D eigenvalue weighted by Crippen LogP contribution is 2.24. The number of halogens is 1. The standard InChI is InChI=1S/C11H12BrNO2/c1-8-6-10(3-2-9(8)7-12)13-11(14)4-5-15-13/h2-3,6H,4-5,7H2,1H3. The molecule has 2 rings (SSSR count). The Kier molecular flexibility index (Phi) is 3.07. The second kappa shape index (κ2) is 4.33. The zero-order chi connectivity index (χ0) is 10.8. The van der Waals surface area contributed by atoms with E-state index in [1.165, 1.54) is 10.6 Å². The molecule has 1 fully saturated rings.